The average Bonchev–Trinajstić information content (AvgIpc) is 3.11. The lowest BCUT2D eigenvalue weighted by atomic mass is 10.2. The Kier molecular flexibility index (Phi) is 3.80. The molecule has 0 radical (unpaired) electrons. The van der Waals surface area contributed by atoms with Crippen LogP contribution in [0.3, 0.4) is 0 Å². The molecule has 21 heavy (non-hydrogen) atoms. The standard InChI is InChI=1S/C11H11BrN2O5S2/c12-8-1-2-10(20-8)21(17,18)13-4-3-7(5-13)14-9(15)6-19-11(14)16/h1-2,7H,3-6H2. The molecule has 0 bridgehead atoms. The zero-order chi connectivity index (χ0) is 15.2. The fourth-order valence-electron chi connectivity index (χ4n) is 2.42. The summed E-state index contributed by atoms with van der Waals surface area (Å²) in [4.78, 5) is 24.1. The number of sulfonamides is 1. The maximum absolute atomic E-state index is 12.5. The van der Waals surface area contributed by atoms with E-state index in [1.807, 2.05) is 0 Å². The molecule has 0 aliphatic carbocycles. The molecule has 2 fully saturated rings. The van der Waals surface area contributed by atoms with E-state index in [2.05, 4.69) is 20.7 Å². The van der Waals surface area contributed by atoms with Crippen molar-refractivity contribution < 1.29 is 22.7 Å². The normalized spacial score (nSPS) is 23.9. The number of ether oxygens (including phenoxy) is 1. The van der Waals surface area contributed by atoms with Gasteiger partial charge in [0, 0.05) is 13.1 Å². The van der Waals surface area contributed by atoms with Crippen molar-refractivity contribution in [1.82, 2.24) is 9.21 Å². The van der Waals surface area contributed by atoms with Gasteiger partial charge >= 0.3 is 6.09 Å². The predicted molar refractivity (Wildman–Crippen MR) is 77.4 cm³/mol. The van der Waals surface area contributed by atoms with Crippen LogP contribution in [0.4, 0.5) is 4.79 Å². The molecule has 2 saturated heterocycles. The second-order valence-electron chi connectivity index (χ2n) is 4.68. The summed E-state index contributed by atoms with van der Waals surface area (Å²) >= 11 is 4.37. The Morgan fingerprint density at radius 2 is 2.10 bits per heavy atom. The summed E-state index contributed by atoms with van der Waals surface area (Å²) in [6, 6.07) is 2.75. The van der Waals surface area contributed by atoms with Gasteiger partial charge in [0.2, 0.25) is 0 Å². The number of nitrogens with zero attached hydrogens (tertiary/aromatic N) is 2. The molecule has 2 aliphatic heterocycles. The summed E-state index contributed by atoms with van der Waals surface area (Å²) in [5.41, 5.74) is 0. The van der Waals surface area contributed by atoms with Crippen molar-refractivity contribution in [3.8, 4) is 0 Å². The Bertz CT molecular complexity index is 685. The van der Waals surface area contributed by atoms with Crippen LogP contribution in [0.5, 0.6) is 0 Å². The molecular weight excluding hydrogens is 384 g/mol. The van der Waals surface area contributed by atoms with E-state index in [0.717, 1.165) is 20.0 Å². The third kappa shape index (κ3) is 2.60. The fourth-order valence-corrected chi connectivity index (χ4v) is 6.08. The molecule has 10 heteroatoms. The van der Waals surface area contributed by atoms with Crippen molar-refractivity contribution in [3.05, 3.63) is 15.9 Å². The van der Waals surface area contributed by atoms with Crippen molar-refractivity contribution in [2.24, 2.45) is 0 Å². The molecule has 114 valence electrons. The van der Waals surface area contributed by atoms with Gasteiger partial charge in [-0.15, -0.1) is 11.3 Å². The van der Waals surface area contributed by atoms with Gasteiger partial charge in [-0.1, -0.05) is 0 Å². The average molecular weight is 395 g/mol. The Balaban J connectivity index is 1.78. The number of thiophene rings is 1. The molecular formula is C11H11BrN2O5S2. The minimum Gasteiger partial charge on any atom is -0.439 e. The third-order valence-electron chi connectivity index (χ3n) is 3.42. The molecule has 1 unspecified atom stereocenters. The lowest BCUT2D eigenvalue weighted by Crippen LogP contribution is -2.41. The molecule has 1 aromatic rings. The van der Waals surface area contributed by atoms with Crippen LogP contribution in [0.15, 0.2) is 20.1 Å². The largest absolute Gasteiger partial charge is 0.439 e. The zero-order valence-corrected chi connectivity index (χ0v) is 13.9. The molecule has 3 rings (SSSR count). The maximum atomic E-state index is 12.5. The van der Waals surface area contributed by atoms with Gasteiger partial charge in [0.1, 0.15) is 4.21 Å². The predicted octanol–water partition coefficient (Wildman–Crippen LogP) is 1.25. The molecule has 7 nitrogen and oxygen atoms in total. The topological polar surface area (TPSA) is 84.0 Å². The van der Waals surface area contributed by atoms with Crippen molar-refractivity contribution in [1.29, 1.82) is 0 Å². The number of amides is 2. The Hall–Kier alpha value is -0.970. The smallest absolute Gasteiger partial charge is 0.417 e. The number of carbonyl (C=O) groups excluding carboxylic acids is 2. The van der Waals surface area contributed by atoms with Gasteiger partial charge < -0.3 is 4.74 Å². The minimum absolute atomic E-state index is 0.110. The van der Waals surface area contributed by atoms with Crippen LogP contribution in [0.2, 0.25) is 0 Å². The molecule has 3 heterocycles. The lowest BCUT2D eigenvalue weighted by molar-refractivity contribution is -0.127. The maximum Gasteiger partial charge on any atom is 0.417 e. The van der Waals surface area contributed by atoms with Crippen molar-refractivity contribution in [3.63, 3.8) is 0 Å². The zero-order valence-electron chi connectivity index (χ0n) is 10.7. The summed E-state index contributed by atoms with van der Waals surface area (Å²) in [6.07, 6.45) is -0.268. The molecule has 2 amide bonds. The van der Waals surface area contributed by atoms with E-state index in [-0.39, 0.29) is 23.9 Å². The molecule has 2 aliphatic rings. The molecule has 0 saturated carbocycles. The first-order valence-electron chi connectivity index (χ1n) is 6.14. The number of halogens is 1. The van der Waals surface area contributed by atoms with Gasteiger partial charge in [0.05, 0.1) is 9.83 Å². The quantitative estimate of drug-likeness (QED) is 0.769. The van der Waals surface area contributed by atoms with E-state index < -0.39 is 28.1 Å². The van der Waals surface area contributed by atoms with Crippen LogP contribution in [0.1, 0.15) is 6.42 Å². The highest BCUT2D eigenvalue weighted by Gasteiger charge is 2.43. The van der Waals surface area contributed by atoms with Crippen LogP contribution < -0.4 is 0 Å². The van der Waals surface area contributed by atoms with E-state index >= 15 is 0 Å². The van der Waals surface area contributed by atoms with Gasteiger partial charge in [-0.2, -0.15) is 4.31 Å². The third-order valence-corrected chi connectivity index (χ3v) is 7.37. The summed E-state index contributed by atoms with van der Waals surface area (Å²) < 4.78 is 31.9. The van der Waals surface area contributed by atoms with Crippen LogP contribution in [-0.4, -0.2) is 55.4 Å². The Labute approximate surface area is 133 Å². The number of carbonyl (C=O) groups is 2. The first-order chi connectivity index (χ1) is 9.89. The molecule has 0 aromatic carbocycles. The second-order valence-corrected chi connectivity index (χ2v) is 9.31. The van der Waals surface area contributed by atoms with E-state index in [1.54, 1.807) is 6.07 Å². The van der Waals surface area contributed by atoms with Gasteiger partial charge in [-0.25, -0.2) is 18.1 Å². The van der Waals surface area contributed by atoms with Gasteiger partial charge in [-0.3, -0.25) is 4.79 Å². The van der Waals surface area contributed by atoms with Gasteiger partial charge in [0.25, 0.3) is 15.9 Å². The molecule has 1 aromatic heterocycles. The number of cyclic esters (lactones) is 1. The molecule has 1 atom stereocenters. The van der Waals surface area contributed by atoms with Gasteiger partial charge in [0.15, 0.2) is 6.61 Å². The molecule has 0 spiro atoms. The SMILES string of the molecule is O=C1COC(=O)N1C1CCN(S(=O)(=O)c2ccc(Br)s2)C1. The number of rotatable bonds is 3. The summed E-state index contributed by atoms with van der Waals surface area (Å²) in [7, 11) is -3.58. The van der Waals surface area contributed by atoms with Crippen molar-refractivity contribution in [2.45, 2.75) is 16.7 Å². The monoisotopic (exact) mass is 394 g/mol. The number of imide groups is 1. The van der Waals surface area contributed by atoms with E-state index in [0.29, 0.717) is 6.42 Å². The van der Waals surface area contributed by atoms with E-state index in [9.17, 15) is 18.0 Å². The lowest BCUT2D eigenvalue weighted by Gasteiger charge is -2.19. The number of hydrogen-bond donors (Lipinski definition) is 0. The second kappa shape index (κ2) is 5.34. The first kappa shape index (κ1) is 14.9. The van der Waals surface area contributed by atoms with Crippen LogP contribution in [0.25, 0.3) is 0 Å². The summed E-state index contributed by atoms with van der Waals surface area (Å²) in [5, 5.41) is 0. The summed E-state index contributed by atoms with van der Waals surface area (Å²) in [6.45, 7) is 0.123. The van der Waals surface area contributed by atoms with Crippen LogP contribution in [0, 0.1) is 0 Å². The minimum atomic E-state index is -3.58. The van der Waals surface area contributed by atoms with Crippen LogP contribution >= 0.6 is 27.3 Å². The van der Waals surface area contributed by atoms with Crippen molar-refractivity contribution >= 4 is 49.3 Å². The Morgan fingerprint density at radius 3 is 2.67 bits per heavy atom. The van der Waals surface area contributed by atoms with E-state index in [1.165, 1.54) is 10.4 Å². The number of hydrogen-bond acceptors (Lipinski definition) is 6. The van der Waals surface area contributed by atoms with Gasteiger partial charge in [-0.05, 0) is 34.5 Å². The fraction of sp³-hybridized carbons (Fsp3) is 0.455. The highest BCUT2D eigenvalue weighted by molar-refractivity contribution is 9.11. The Morgan fingerprint density at radius 1 is 1.33 bits per heavy atom. The van der Waals surface area contributed by atoms with Crippen LogP contribution in [-0.2, 0) is 19.6 Å². The highest BCUT2D eigenvalue weighted by Crippen LogP contribution is 2.31. The van der Waals surface area contributed by atoms with Crippen molar-refractivity contribution in [2.75, 3.05) is 19.7 Å². The van der Waals surface area contributed by atoms with E-state index in [4.69, 9.17) is 0 Å². The first-order valence-corrected chi connectivity index (χ1v) is 9.19. The highest BCUT2D eigenvalue weighted by atomic mass is 79.9. The summed E-state index contributed by atoms with van der Waals surface area (Å²) in [5.74, 6) is -0.414. The molecule has 0 N–H and O–H groups in total.